The highest BCUT2D eigenvalue weighted by Gasteiger charge is 2.53. The Hall–Kier alpha value is -6.64. The average molecular weight is 814 g/mol. The molecule has 1 heterocycles. The van der Waals surface area contributed by atoms with Gasteiger partial charge in [0.05, 0.1) is 16.8 Å². The average Bonchev–Trinajstić information content (AvgIpc) is 3.98. The molecule has 8 aromatic carbocycles. The Bertz CT molecular complexity index is 3150. The second-order valence-corrected chi connectivity index (χ2v) is 18.8. The summed E-state index contributed by atoms with van der Waals surface area (Å²) in [7, 11) is 0. The van der Waals surface area contributed by atoms with Crippen molar-refractivity contribution in [3.63, 3.8) is 0 Å². The molecular formula is C61H51NO. The highest BCUT2D eigenvalue weighted by atomic mass is 16.3. The number of benzene rings is 8. The first-order valence-electron chi connectivity index (χ1n) is 23.6. The number of para-hydroxylation sites is 2. The van der Waals surface area contributed by atoms with Crippen LogP contribution in [0.4, 0.5) is 17.1 Å². The van der Waals surface area contributed by atoms with Gasteiger partial charge in [-0.25, -0.2) is 0 Å². The van der Waals surface area contributed by atoms with Gasteiger partial charge >= 0.3 is 0 Å². The maximum Gasteiger partial charge on any atom is 0.137 e. The highest BCUT2D eigenvalue weighted by Crippen LogP contribution is 2.65. The molecule has 0 bridgehead atoms. The zero-order valence-corrected chi connectivity index (χ0v) is 35.8. The topological polar surface area (TPSA) is 16.4 Å². The first-order chi connectivity index (χ1) is 31.3. The quantitative estimate of drug-likeness (QED) is 0.166. The van der Waals surface area contributed by atoms with Crippen molar-refractivity contribution < 1.29 is 4.42 Å². The predicted octanol–water partition coefficient (Wildman–Crippen LogP) is 17.2. The van der Waals surface area contributed by atoms with Crippen LogP contribution in [0.1, 0.15) is 109 Å². The van der Waals surface area contributed by atoms with Crippen molar-refractivity contribution >= 4 is 39.0 Å². The highest BCUT2D eigenvalue weighted by molar-refractivity contribution is 6.07. The summed E-state index contributed by atoms with van der Waals surface area (Å²) in [5.41, 5.74) is 21.3. The molecule has 0 saturated heterocycles. The van der Waals surface area contributed by atoms with E-state index in [1.54, 1.807) is 0 Å². The van der Waals surface area contributed by atoms with Crippen molar-refractivity contribution in [3.05, 3.63) is 209 Å². The van der Waals surface area contributed by atoms with E-state index in [0.29, 0.717) is 11.8 Å². The van der Waals surface area contributed by atoms with Crippen LogP contribution in [-0.4, -0.2) is 0 Å². The van der Waals surface area contributed by atoms with Crippen LogP contribution in [0.2, 0.25) is 0 Å². The molecule has 13 rings (SSSR count). The lowest BCUT2D eigenvalue weighted by molar-refractivity contribution is 0.443. The third kappa shape index (κ3) is 5.63. The Kier molecular flexibility index (Phi) is 8.65. The fourth-order valence-electron chi connectivity index (χ4n) is 12.6. The molecule has 9 aromatic rings. The van der Waals surface area contributed by atoms with Gasteiger partial charge in [-0.1, -0.05) is 178 Å². The standard InChI is InChI=1S/C61H51NO/c1-4-17-40(18-5-1)43-31-34-47-48-35-32-44(41-19-6-2-7-20-41)38-55(48)61(54(47)37-43)52-26-13-10-25-51(52)60-53(61)27-16-29-57(60)62(56-28-14-11-23-46(56)42-21-8-3-9-22-42)45-33-36-50-49-24-12-15-30-58(49)63-59(50)39-45/h3,8-16,21-41H,1-2,4-7,17-20H2. The molecule has 0 atom stereocenters. The van der Waals surface area contributed by atoms with Gasteiger partial charge in [-0.2, -0.15) is 0 Å². The summed E-state index contributed by atoms with van der Waals surface area (Å²) in [5.74, 6) is 1.23. The largest absolute Gasteiger partial charge is 0.456 e. The minimum atomic E-state index is -0.449. The van der Waals surface area contributed by atoms with Crippen LogP contribution in [0, 0.1) is 0 Å². The van der Waals surface area contributed by atoms with E-state index in [0.717, 1.165) is 33.3 Å². The molecule has 0 unspecified atom stereocenters. The van der Waals surface area contributed by atoms with Crippen molar-refractivity contribution in [2.45, 2.75) is 81.5 Å². The number of hydrogen-bond acceptors (Lipinski definition) is 2. The lowest BCUT2D eigenvalue weighted by atomic mass is 9.69. The summed E-state index contributed by atoms with van der Waals surface area (Å²) < 4.78 is 6.63. The van der Waals surface area contributed by atoms with Crippen LogP contribution in [0.25, 0.3) is 55.3 Å². The zero-order valence-electron chi connectivity index (χ0n) is 35.8. The van der Waals surface area contributed by atoms with Crippen LogP contribution in [0.15, 0.2) is 180 Å². The normalized spacial score (nSPS) is 16.6. The van der Waals surface area contributed by atoms with Crippen molar-refractivity contribution in [3.8, 4) is 33.4 Å². The monoisotopic (exact) mass is 813 g/mol. The van der Waals surface area contributed by atoms with Gasteiger partial charge < -0.3 is 9.32 Å². The molecule has 1 aromatic heterocycles. The number of nitrogens with zero attached hydrogens (tertiary/aromatic N) is 1. The first-order valence-corrected chi connectivity index (χ1v) is 23.6. The first kappa shape index (κ1) is 37.0. The van der Waals surface area contributed by atoms with E-state index in [9.17, 15) is 0 Å². The van der Waals surface area contributed by atoms with Gasteiger partial charge in [0, 0.05) is 33.7 Å². The van der Waals surface area contributed by atoms with Crippen molar-refractivity contribution in [2.75, 3.05) is 4.90 Å². The number of rotatable bonds is 6. The third-order valence-corrected chi connectivity index (χ3v) is 15.5. The van der Waals surface area contributed by atoms with Gasteiger partial charge in [-0.3, -0.25) is 0 Å². The van der Waals surface area contributed by atoms with E-state index in [1.165, 1.54) is 137 Å². The second kappa shape index (κ2) is 14.7. The Labute approximate surface area is 370 Å². The van der Waals surface area contributed by atoms with Gasteiger partial charge in [0.2, 0.25) is 0 Å². The van der Waals surface area contributed by atoms with Gasteiger partial charge in [0.15, 0.2) is 0 Å². The molecular weight excluding hydrogens is 763 g/mol. The molecule has 2 fully saturated rings. The number of furan rings is 1. The number of anilines is 3. The van der Waals surface area contributed by atoms with Crippen LogP contribution >= 0.6 is 0 Å². The molecule has 4 aliphatic carbocycles. The fraction of sp³-hybridized carbons (Fsp3) is 0.213. The SMILES string of the molecule is c1ccc(-c2ccccc2N(c2ccc3c(c2)oc2ccccc23)c2cccc3c2-c2ccccc2C32c3cc(C4CCCCC4)ccc3-c3ccc(C4CCCCC4)cc32)cc1. The summed E-state index contributed by atoms with van der Waals surface area (Å²) in [6.45, 7) is 0. The van der Waals surface area contributed by atoms with E-state index in [-0.39, 0.29) is 0 Å². The molecule has 1 spiro atoms. The minimum Gasteiger partial charge on any atom is -0.456 e. The Morgan fingerprint density at radius 3 is 1.71 bits per heavy atom. The third-order valence-electron chi connectivity index (χ3n) is 15.5. The van der Waals surface area contributed by atoms with Crippen LogP contribution in [0.5, 0.6) is 0 Å². The van der Waals surface area contributed by atoms with E-state index in [1.807, 2.05) is 0 Å². The molecule has 0 aliphatic heterocycles. The van der Waals surface area contributed by atoms with Crippen molar-refractivity contribution in [1.29, 1.82) is 0 Å². The van der Waals surface area contributed by atoms with Gasteiger partial charge in [-0.15, -0.1) is 0 Å². The molecule has 63 heavy (non-hydrogen) atoms. The Balaban J connectivity index is 1.10. The zero-order chi connectivity index (χ0) is 41.5. The lowest BCUT2D eigenvalue weighted by Gasteiger charge is -2.33. The molecule has 0 amide bonds. The molecule has 2 saturated carbocycles. The lowest BCUT2D eigenvalue weighted by Crippen LogP contribution is -2.26. The Morgan fingerprint density at radius 1 is 0.397 bits per heavy atom. The fourth-order valence-corrected chi connectivity index (χ4v) is 12.6. The number of hydrogen-bond donors (Lipinski definition) is 0. The second-order valence-electron chi connectivity index (χ2n) is 18.8. The van der Waals surface area contributed by atoms with Crippen molar-refractivity contribution in [2.24, 2.45) is 0 Å². The smallest absolute Gasteiger partial charge is 0.137 e. The van der Waals surface area contributed by atoms with E-state index >= 15 is 0 Å². The summed E-state index contributed by atoms with van der Waals surface area (Å²) >= 11 is 0. The number of fused-ring (bicyclic) bond motifs is 13. The summed E-state index contributed by atoms with van der Waals surface area (Å²) in [6, 6.07) is 67.0. The maximum absolute atomic E-state index is 6.63. The van der Waals surface area contributed by atoms with Crippen LogP contribution in [0.3, 0.4) is 0 Å². The molecule has 0 radical (unpaired) electrons. The van der Waals surface area contributed by atoms with Crippen molar-refractivity contribution in [1.82, 2.24) is 0 Å². The molecule has 2 nitrogen and oxygen atoms in total. The summed E-state index contributed by atoms with van der Waals surface area (Å²) in [5, 5.41) is 2.28. The maximum atomic E-state index is 6.63. The van der Waals surface area contributed by atoms with Gasteiger partial charge in [-0.05, 0) is 123 Å². The Morgan fingerprint density at radius 2 is 0.984 bits per heavy atom. The van der Waals surface area contributed by atoms with Crippen LogP contribution < -0.4 is 4.90 Å². The summed E-state index contributed by atoms with van der Waals surface area (Å²) in [6.07, 6.45) is 13.2. The predicted molar refractivity (Wildman–Crippen MR) is 262 cm³/mol. The minimum absolute atomic E-state index is 0.449. The molecule has 306 valence electrons. The van der Waals surface area contributed by atoms with E-state index < -0.39 is 5.41 Å². The molecule has 0 N–H and O–H groups in total. The van der Waals surface area contributed by atoms with Gasteiger partial charge in [0.1, 0.15) is 11.2 Å². The molecule has 2 heteroatoms. The van der Waals surface area contributed by atoms with E-state index in [2.05, 4.69) is 181 Å². The molecule has 4 aliphatic rings. The summed E-state index contributed by atoms with van der Waals surface area (Å²) in [4.78, 5) is 2.53. The van der Waals surface area contributed by atoms with Gasteiger partial charge in [0.25, 0.3) is 0 Å². The van der Waals surface area contributed by atoms with E-state index in [4.69, 9.17) is 4.42 Å². The van der Waals surface area contributed by atoms with Crippen LogP contribution in [-0.2, 0) is 5.41 Å².